The van der Waals surface area contributed by atoms with Gasteiger partial charge in [0.15, 0.2) is 0 Å². The molecule has 0 aliphatic rings. The highest BCUT2D eigenvalue weighted by molar-refractivity contribution is 5.78. The van der Waals surface area contributed by atoms with Gasteiger partial charge in [-0.2, -0.15) is 0 Å². The molecule has 0 saturated carbocycles. The Morgan fingerprint density at radius 1 is 1.06 bits per heavy atom. The lowest BCUT2D eigenvalue weighted by Gasteiger charge is -2.33. The SMILES string of the molecule is CCC(CC)NC(=O)CNC(C)(C)CC(C)(C)C. The van der Waals surface area contributed by atoms with Crippen LogP contribution in [0.15, 0.2) is 0 Å². The molecule has 0 spiro atoms. The number of hydrogen-bond acceptors (Lipinski definition) is 2. The standard InChI is InChI=1S/C15H32N2O/c1-8-12(9-2)17-13(18)10-16-15(6,7)11-14(3,4)5/h12,16H,8-11H2,1-7H3,(H,17,18). The van der Waals surface area contributed by atoms with Crippen molar-refractivity contribution in [2.24, 2.45) is 5.41 Å². The Bertz CT molecular complexity index is 250. The number of amides is 1. The predicted molar refractivity (Wildman–Crippen MR) is 78.7 cm³/mol. The summed E-state index contributed by atoms with van der Waals surface area (Å²) in [6.45, 7) is 15.6. The quantitative estimate of drug-likeness (QED) is 0.735. The van der Waals surface area contributed by atoms with Crippen LogP contribution in [0, 0.1) is 5.41 Å². The largest absolute Gasteiger partial charge is 0.352 e. The Labute approximate surface area is 113 Å². The fourth-order valence-electron chi connectivity index (χ4n) is 2.48. The second-order valence-electron chi connectivity index (χ2n) is 7.06. The summed E-state index contributed by atoms with van der Waals surface area (Å²) in [5.74, 6) is 0.102. The number of carbonyl (C=O) groups is 1. The van der Waals surface area contributed by atoms with Gasteiger partial charge in [-0.3, -0.25) is 4.79 Å². The van der Waals surface area contributed by atoms with E-state index in [1.807, 2.05) is 0 Å². The molecule has 0 saturated heterocycles. The third-order valence-electron chi connectivity index (χ3n) is 3.05. The lowest BCUT2D eigenvalue weighted by Crippen LogP contribution is -2.48. The molecule has 0 aliphatic heterocycles. The molecule has 18 heavy (non-hydrogen) atoms. The highest BCUT2D eigenvalue weighted by Crippen LogP contribution is 2.26. The predicted octanol–water partition coefficient (Wildman–Crippen LogP) is 3.10. The average molecular weight is 256 g/mol. The van der Waals surface area contributed by atoms with Crippen molar-refractivity contribution in [3.05, 3.63) is 0 Å². The van der Waals surface area contributed by atoms with Crippen LogP contribution in [0.2, 0.25) is 0 Å². The molecule has 0 atom stereocenters. The van der Waals surface area contributed by atoms with Crippen LogP contribution >= 0.6 is 0 Å². The van der Waals surface area contributed by atoms with Crippen molar-refractivity contribution in [3.8, 4) is 0 Å². The normalized spacial score (nSPS) is 12.9. The third-order valence-corrected chi connectivity index (χ3v) is 3.05. The van der Waals surface area contributed by atoms with E-state index in [4.69, 9.17) is 0 Å². The summed E-state index contributed by atoms with van der Waals surface area (Å²) in [7, 11) is 0. The molecular formula is C15H32N2O. The van der Waals surface area contributed by atoms with Gasteiger partial charge in [-0.15, -0.1) is 0 Å². The van der Waals surface area contributed by atoms with Crippen LogP contribution in [-0.4, -0.2) is 24.0 Å². The van der Waals surface area contributed by atoms with Crippen LogP contribution in [0.5, 0.6) is 0 Å². The fourth-order valence-corrected chi connectivity index (χ4v) is 2.48. The fraction of sp³-hybridized carbons (Fsp3) is 0.933. The van der Waals surface area contributed by atoms with E-state index in [2.05, 4.69) is 59.1 Å². The van der Waals surface area contributed by atoms with Crippen LogP contribution in [0.4, 0.5) is 0 Å². The second-order valence-corrected chi connectivity index (χ2v) is 7.06. The molecule has 0 unspecified atom stereocenters. The topological polar surface area (TPSA) is 41.1 Å². The van der Waals surface area contributed by atoms with Crippen LogP contribution < -0.4 is 10.6 Å². The zero-order chi connectivity index (χ0) is 14.4. The van der Waals surface area contributed by atoms with E-state index >= 15 is 0 Å². The molecule has 0 fully saturated rings. The lowest BCUT2D eigenvalue weighted by atomic mass is 9.82. The molecule has 0 rings (SSSR count). The van der Waals surface area contributed by atoms with Gasteiger partial charge in [-0.05, 0) is 38.5 Å². The summed E-state index contributed by atoms with van der Waals surface area (Å²) in [6, 6.07) is 0.310. The van der Waals surface area contributed by atoms with Gasteiger partial charge in [-0.1, -0.05) is 34.6 Å². The maximum atomic E-state index is 11.8. The van der Waals surface area contributed by atoms with Crippen molar-refractivity contribution >= 4 is 5.91 Å². The van der Waals surface area contributed by atoms with Gasteiger partial charge >= 0.3 is 0 Å². The van der Waals surface area contributed by atoms with Crippen molar-refractivity contribution in [2.75, 3.05) is 6.54 Å². The van der Waals surface area contributed by atoms with E-state index < -0.39 is 0 Å². The van der Waals surface area contributed by atoms with Gasteiger partial charge in [-0.25, -0.2) is 0 Å². The summed E-state index contributed by atoms with van der Waals surface area (Å²) in [4.78, 5) is 11.8. The Hall–Kier alpha value is -0.570. The molecule has 3 nitrogen and oxygen atoms in total. The number of carbonyl (C=O) groups excluding carboxylic acids is 1. The summed E-state index contributed by atoms with van der Waals surface area (Å²) in [6.07, 6.45) is 3.03. The smallest absolute Gasteiger partial charge is 0.234 e. The number of hydrogen-bond donors (Lipinski definition) is 2. The Balaban J connectivity index is 4.11. The highest BCUT2D eigenvalue weighted by atomic mass is 16.2. The molecule has 0 aromatic heterocycles. The molecule has 0 aromatic rings. The van der Waals surface area contributed by atoms with Gasteiger partial charge in [0.25, 0.3) is 0 Å². The van der Waals surface area contributed by atoms with E-state index in [0.717, 1.165) is 19.3 Å². The molecular weight excluding hydrogens is 224 g/mol. The molecule has 3 heteroatoms. The van der Waals surface area contributed by atoms with Gasteiger partial charge in [0.1, 0.15) is 0 Å². The Morgan fingerprint density at radius 2 is 1.56 bits per heavy atom. The average Bonchev–Trinajstić information content (AvgIpc) is 2.20. The molecule has 0 aliphatic carbocycles. The third kappa shape index (κ3) is 8.51. The van der Waals surface area contributed by atoms with Gasteiger partial charge < -0.3 is 10.6 Å². The van der Waals surface area contributed by atoms with E-state index in [1.165, 1.54) is 0 Å². The van der Waals surface area contributed by atoms with E-state index in [0.29, 0.717) is 12.6 Å². The summed E-state index contributed by atoms with van der Waals surface area (Å²) in [5, 5.41) is 6.41. The van der Waals surface area contributed by atoms with Crippen molar-refractivity contribution in [2.45, 2.75) is 79.3 Å². The minimum absolute atomic E-state index is 0.0104. The van der Waals surface area contributed by atoms with Gasteiger partial charge in [0.2, 0.25) is 5.91 Å². The summed E-state index contributed by atoms with van der Waals surface area (Å²) < 4.78 is 0. The summed E-state index contributed by atoms with van der Waals surface area (Å²) in [5.41, 5.74) is 0.256. The van der Waals surface area contributed by atoms with Crippen molar-refractivity contribution in [1.82, 2.24) is 10.6 Å². The van der Waals surface area contributed by atoms with Crippen LogP contribution in [0.25, 0.3) is 0 Å². The maximum absolute atomic E-state index is 11.8. The molecule has 0 bridgehead atoms. The zero-order valence-corrected chi connectivity index (χ0v) is 13.3. The van der Waals surface area contributed by atoms with Crippen LogP contribution in [0.1, 0.15) is 67.7 Å². The highest BCUT2D eigenvalue weighted by Gasteiger charge is 2.25. The van der Waals surface area contributed by atoms with Crippen molar-refractivity contribution in [1.29, 1.82) is 0 Å². The monoisotopic (exact) mass is 256 g/mol. The molecule has 0 aromatic carbocycles. The number of rotatable bonds is 7. The van der Waals surface area contributed by atoms with Crippen LogP contribution in [-0.2, 0) is 4.79 Å². The molecule has 0 radical (unpaired) electrons. The second kappa shape index (κ2) is 7.13. The number of nitrogens with one attached hydrogen (secondary N) is 2. The first kappa shape index (κ1) is 17.4. The first-order valence-electron chi connectivity index (χ1n) is 7.14. The van der Waals surface area contributed by atoms with E-state index in [9.17, 15) is 4.79 Å². The summed E-state index contributed by atoms with van der Waals surface area (Å²) >= 11 is 0. The zero-order valence-electron chi connectivity index (χ0n) is 13.3. The van der Waals surface area contributed by atoms with Gasteiger partial charge in [0, 0.05) is 11.6 Å². The van der Waals surface area contributed by atoms with E-state index in [1.54, 1.807) is 0 Å². The van der Waals surface area contributed by atoms with Crippen LogP contribution in [0.3, 0.4) is 0 Å². The molecule has 1 amide bonds. The van der Waals surface area contributed by atoms with Crippen molar-refractivity contribution < 1.29 is 4.79 Å². The molecule has 0 heterocycles. The lowest BCUT2D eigenvalue weighted by molar-refractivity contribution is -0.121. The minimum atomic E-state index is -0.0104. The minimum Gasteiger partial charge on any atom is -0.352 e. The Morgan fingerprint density at radius 3 is 1.94 bits per heavy atom. The molecule has 108 valence electrons. The maximum Gasteiger partial charge on any atom is 0.234 e. The van der Waals surface area contributed by atoms with Gasteiger partial charge in [0.05, 0.1) is 6.54 Å². The molecule has 2 N–H and O–H groups in total. The first-order valence-corrected chi connectivity index (χ1v) is 7.14. The van der Waals surface area contributed by atoms with E-state index in [-0.39, 0.29) is 16.9 Å². The Kier molecular flexibility index (Phi) is 6.90. The van der Waals surface area contributed by atoms with Crippen molar-refractivity contribution in [3.63, 3.8) is 0 Å². The first-order chi connectivity index (χ1) is 8.09.